The van der Waals surface area contributed by atoms with Gasteiger partial charge in [-0.2, -0.15) is 0 Å². The van der Waals surface area contributed by atoms with Gasteiger partial charge in [0.25, 0.3) is 0 Å². The molecule has 0 aliphatic rings. The van der Waals surface area contributed by atoms with Gasteiger partial charge in [0.2, 0.25) is 0 Å². The number of rotatable bonds is 21. The highest BCUT2D eigenvalue weighted by atomic mass is 15.2. The second-order valence-corrected chi connectivity index (χ2v) is 23.5. The van der Waals surface area contributed by atoms with Gasteiger partial charge in [0.1, 0.15) is 0 Å². The standard InChI is InChI=1S/C90H69N7/c1-10-28-70(29-11-1)91(71-30-12-2-13-31-71)79-46-52-82(53-47-79)94(76-40-22-7-23-41-76)85-58-64-88(65-59-85)97(89-66-60-86(61-67-89)95(77-42-24-8-25-43-77)83-54-48-80(49-55-83)92(72-32-14-3-15-33-72)73-34-16-4-17-35-73)90-68-62-87(63-69-90)96(78-44-26-9-27-45-78)84-56-50-81(51-57-84)93(74-36-18-5-19-37-74)75-38-20-6-21-39-75/h1-69H. The van der Waals surface area contributed by atoms with Crippen molar-refractivity contribution >= 4 is 119 Å². The third-order valence-corrected chi connectivity index (χ3v) is 17.3. The van der Waals surface area contributed by atoms with Crippen LogP contribution in [0.1, 0.15) is 0 Å². The Labute approximate surface area is 569 Å². The summed E-state index contributed by atoms with van der Waals surface area (Å²) in [5.74, 6) is 0. The molecule has 0 aromatic heterocycles. The molecule has 15 aromatic rings. The van der Waals surface area contributed by atoms with Crippen LogP contribution in [0.4, 0.5) is 119 Å². The molecule has 0 fully saturated rings. The molecule has 15 aromatic carbocycles. The van der Waals surface area contributed by atoms with E-state index in [-0.39, 0.29) is 0 Å². The van der Waals surface area contributed by atoms with Gasteiger partial charge in [0.05, 0.1) is 0 Å². The number of benzene rings is 15. The fraction of sp³-hybridized carbons (Fsp3) is 0. The summed E-state index contributed by atoms with van der Waals surface area (Å²) in [5, 5.41) is 0. The van der Waals surface area contributed by atoms with Crippen molar-refractivity contribution in [1.29, 1.82) is 0 Å². The Balaban J connectivity index is 0.803. The van der Waals surface area contributed by atoms with Crippen molar-refractivity contribution in [3.05, 3.63) is 419 Å². The van der Waals surface area contributed by atoms with Crippen LogP contribution in [0.3, 0.4) is 0 Å². The zero-order valence-corrected chi connectivity index (χ0v) is 53.5. The molecule has 0 radical (unpaired) electrons. The molecule has 0 N–H and O–H groups in total. The van der Waals surface area contributed by atoms with Crippen molar-refractivity contribution in [3.63, 3.8) is 0 Å². The SMILES string of the molecule is c1ccc(N(c2ccccc2)c2ccc(N(c3ccccc3)c3ccc(N(c4ccc(N(c5ccccc5)c5ccc(N(c6ccccc6)c6ccccc6)cc5)cc4)c4ccc(N(c5ccccc5)c5ccc(N(c6ccccc6)c6ccccc6)cc5)cc4)cc3)cc2)cc1. The van der Waals surface area contributed by atoms with Crippen LogP contribution in [0.15, 0.2) is 419 Å². The van der Waals surface area contributed by atoms with Gasteiger partial charge in [-0.15, -0.1) is 0 Å². The predicted molar refractivity (Wildman–Crippen MR) is 409 cm³/mol. The quantitative estimate of drug-likeness (QED) is 0.0706. The number of hydrogen-bond acceptors (Lipinski definition) is 7. The maximum absolute atomic E-state index is 2.35. The zero-order chi connectivity index (χ0) is 65.0. The lowest BCUT2D eigenvalue weighted by atomic mass is 10.1. The lowest BCUT2D eigenvalue weighted by Gasteiger charge is -2.31. The summed E-state index contributed by atoms with van der Waals surface area (Å²) in [5.41, 5.74) is 22.1. The Morgan fingerprint density at radius 2 is 0.134 bits per heavy atom. The first-order valence-electron chi connectivity index (χ1n) is 32.8. The first-order chi connectivity index (χ1) is 48.1. The van der Waals surface area contributed by atoms with Crippen LogP contribution in [0.25, 0.3) is 0 Å². The summed E-state index contributed by atoms with van der Waals surface area (Å²) in [6, 6.07) is 149. The van der Waals surface area contributed by atoms with Gasteiger partial charge in [-0.05, 0) is 255 Å². The molecule has 15 rings (SSSR count). The summed E-state index contributed by atoms with van der Waals surface area (Å²) in [6.45, 7) is 0. The van der Waals surface area contributed by atoms with Crippen molar-refractivity contribution in [2.75, 3.05) is 34.3 Å². The van der Waals surface area contributed by atoms with E-state index in [1.807, 2.05) is 0 Å². The van der Waals surface area contributed by atoms with Crippen molar-refractivity contribution < 1.29 is 0 Å². The van der Waals surface area contributed by atoms with Gasteiger partial charge >= 0.3 is 0 Å². The normalized spacial score (nSPS) is 10.9. The zero-order valence-electron chi connectivity index (χ0n) is 53.5. The highest BCUT2D eigenvalue weighted by Gasteiger charge is 2.23. The minimum atomic E-state index is 1.00. The van der Waals surface area contributed by atoms with E-state index in [0.717, 1.165) is 119 Å². The summed E-state index contributed by atoms with van der Waals surface area (Å²) in [7, 11) is 0. The molecule has 7 heteroatoms. The molecule has 7 nitrogen and oxygen atoms in total. The van der Waals surface area contributed by atoms with E-state index in [2.05, 4.69) is 453 Å². The average Bonchev–Trinajstić information content (AvgIpc) is 0.905. The third-order valence-electron chi connectivity index (χ3n) is 17.3. The molecule has 0 aliphatic carbocycles. The Hall–Kier alpha value is -13.1. The van der Waals surface area contributed by atoms with Crippen molar-refractivity contribution in [3.8, 4) is 0 Å². The van der Waals surface area contributed by atoms with Crippen LogP contribution in [0.2, 0.25) is 0 Å². The first-order valence-corrected chi connectivity index (χ1v) is 32.8. The van der Waals surface area contributed by atoms with Crippen molar-refractivity contribution in [2.24, 2.45) is 0 Å². The van der Waals surface area contributed by atoms with Gasteiger partial charge in [0, 0.05) is 119 Å². The van der Waals surface area contributed by atoms with Crippen LogP contribution in [0.5, 0.6) is 0 Å². The fourth-order valence-corrected chi connectivity index (χ4v) is 12.8. The summed E-state index contributed by atoms with van der Waals surface area (Å²) >= 11 is 0. The summed E-state index contributed by atoms with van der Waals surface area (Å²) in [6.07, 6.45) is 0. The Kier molecular flexibility index (Phi) is 17.6. The van der Waals surface area contributed by atoms with Gasteiger partial charge in [-0.25, -0.2) is 0 Å². The maximum atomic E-state index is 2.35. The molecule has 0 saturated carbocycles. The van der Waals surface area contributed by atoms with Crippen LogP contribution < -0.4 is 34.3 Å². The minimum absolute atomic E-state index is 1.00. The molecule has 0 amide bonds. The van der Waals surface area contributed by atoms with Gasteiger partial charge in [0.15, 0.2) is 0 Å². The monoisotopic (exact) mass is 1250 g/mol. The summed E-state index contributed by atoms with van der Waals surface area (Å²) in [4.78, 5) is 16.2. The minimum Gasteiger partial charge on any atom is -0.311 e. The molecule has 0 spiro atoms. The highest BCUT2D eigenvalue weighted by molar-refractivity contribution is 5.88. The molecule has 0 aliphatic heterocycles. The Morgan fingerprint density at radius 3 is 0.206 bits per heavy atom. The second-order valence-electron chi connectivity index (χ2n) is 23.5. The van der Waals surface area contributed by atoms with Crippen LogP contribution >= 0.6 is 0 Å². The molecule has 0 unspecified atom stereocenters. The van der Waals surface area contributed by atoms with E-state index in [1.54, 1.807) is 0 Å². The van der Waals surface area contributed by atoms with Gasteiger partial charge < -0.3 is 34.3 Å². The van der Waals surface area contributed by atoms with Gasteiger partial charge in [-0.3, -0.25) is 0 Å². The lowest BCUT2D eigenvalue weighted by Crippen LogP contribution is -2.14. The molecular weight excluding hydrogens is 1180 g/mol. The maximum Gasteiger partial charge on any atom is 0.0463 e. The van der Waals surface area contributed by atoms with Crippen LogP contribution in [0, 0.1) is 0 Å². The van der Waals surface area contributed by atoms with E-state index in [9.17, 15) is 0 Å². The van der Waals surface area contributed by atoms with Crippen molar-refractivity contribution in [2.45, 2.75) is 0 Å². The van der Waals surface area contributed by atoms with E-state index < -0.39 is 0 Å². The molecule has 0 saturated heterocycles. The lowest BCUT2D eigenvalue weighted by molar-refractivity contribution is 1.23. The molecule has 0 heterocycles. The molecular formula is C90H69N7. The fourth-order valence-electron chi connectivity index (χ4n) is 12.8. The first kappa shape index (κ1) is 60.2. The van der Waals surface area contributed by atoms with E-state index in [4.69, 9.17) is 0 Å². The Morgan fingerprint density at radius 1 is 0.0722 bits per heavy atom. The van der Waals surface area contributed by atoms with Crippen LogP contribution in [-0.2, 0) is 0 Å². The van der Waals surface area contributed by atoms with Crippen LogP contribution in [-0.4, -0.2) is 0 Å². The Bertz CT molecular complexity index is 4280. The van der Waals surface area contributed by atoms with Gasteiger partial charge in [-0.1, -0.05) is 164 Å². The molecule has 97 heavy (non-hydrogen) atoms. The average molecular weight is 1250 g/mol. The molecule has 464 valence electrons. The number of hydrogen-bond donors (Lipinski definition) is 0. The number of anilines is 21. The topological polar surface area (TPSA) is 22.7 Å². The molecule has 0 atom stereocenters. The second kappa shape index (κ2) is 28.4. The number of para-hydroxylation sites is 9. The largest absolute Gasteiger partial charge is 0.311 e. The van der Waals surface area contributed by atoms with Crippen molar-refractivity contribution in [1.82, 2.24) is 0 Å². The predicted octanol–water partition coefficient (Wildman–Crippen LogP) is 26.0. The third kappa shape index (κ3) is 13.2. The highest BCUT2D eigenvalue weighted by Crippen LogP contribution is 2.46. The molecule has 0 bridgehead atoms. The summed E-state index contributed by atoms with van der Waals surface area (Å²) < 4.78 is 0. The smallest absolute Gasteiger partial charge is 0.0463 e. The van der Waals surface area contributed by atoms with E-state index in [0.29, 0.717) is 0 Å². The van der Waals surface area contributed by atoms with E-state index >= 15 is 0 Å². The van der Waals surface area contributed by atoms with E-state index in [1.165, 1.54) is 0 Å². The number of nitrogens with zero attached hydrogens (tertiary/aromatic N) is 7.